The minimum Gasteiger partial charge on any atom is -0.495 e. The Bertz CT molecular complexity index is 379. The molecule has 0 amide bonds. The monoisotopic (exact) mass is 276 g/mol. The van der Waals surface area contributed by atoms with E-state index in [1.54, 1.807) is 13.3 Å². The Balaban J connectivity index is 0.00000128. The highest BCUT2D eigenvalue weighted by Gasteiger charge is 2.36. The van der Waals surface area contributed by atoms with Crippen molar-refractivity contribution in [3.05, 3.63) is 30.1 Å². The molecular weight excluding hydrogens is 259 g/mol. The Morgan fingerprint density at radius 2 is 2.12 bits per heavy atom. The highest BCUT2D eigenvalue weighted by Crippen LogP contribution is 2.35. The van der Waals surface area contributed by atoms with Crippen molar-refractivity contribution in [2.24, 2.45) is 5.73 Å². The van der Waals surface area contributed by atoms with Crippen LogP contribution in [-0.2, 0) is 0 Å². The van der Waals surface area contributed by atoms with Crippen molar-refractivity contribution in [3.63, 3.8) is 0 Å². The van der Waals surface area contributed by atoms with Crippen LogP contribution >= 0.6 is 24.8 Å². The van der Waals surface area contributed by atoms with Crippen molar-refractivity contribution in [1.29, 1.82) is 0 Å². The molecule has 0 bridgehead atoms. The molecule has 3 nitrogen and oxygen atoms in total. The number of ether oxygens (including phenoxy) is 1. The third-order valence-electron chi connectivity index (χ3n) is 2.70. The molecular formula is C12H18Cl2N2O. The molecule has 0 aliphatic heterocycles. The van der Waals surface area contributed by atoms with Crippen molar-refractivity contribution in [2.45, 2.75) is 24.8 Å². The minimum atomic E-state index is 0. The second-order valence-corrected chi connectivity index (χ2v) is 4.13. The Hall–Kier alpha value is -0.770. The first-order chi connectivity index (χ1) is 7.22. The van der Waals surface area contributed by atoms with Crippen molar-refractivity contribution in [2.75, 3.05) is 7.11 Å². The van der Waals surface area contributed by atoms with E-state index >= 15 is 0 Å². The summed E-state index contributed by atoms with van der Waals surface area (Å²) in [5.41, 5.74) is 7.12. The van der Waals surface area contributed by atoms with Gasteiger partial charge in [-0.05, 0) is 30.9 Å². The molecule has 0 atom stereocenters. The van der Waals surface area contributed by atoms with E-state index in [4.69, 9.17) is 10.5 Å². The lowest BCUT2D eigenvalue weighted by Gasteiger charge is -2.02. The van der Waals surface area contributed by atoms with Gasteiger partial charge in [-0.2, -0.15) is 0 Å². The van der Waals surface area contributed by atoms with E-state index in [0.717, 1.165) is 30.6 Å². The van der Waals surface area contributed by atoms with E-state index in [2.05, 4.69) is 11.1 Å². The summed E-state index contributed by atoms with van der Waals surface area (Å²) in [5.74, 6) is 0.783. The summed E-state index contributed by atoms with van der Waals surface area (Å²) < 4.78 is 5.09. The normalized spacial score (nSPS) is 15.9. The molecule has 1 saturated carbocycles. The number of pyridine rings is 1. The Morgan fingerprint density at radius 1 is 1.41 bits per heavy atom. The van der Waals surface area contributed by atoms with Gasteiger partial charge in [-0.1, -0.05) is 12.2 Å². The zero-order valence-electron chi connectivity index (χ0n) is 9.76. The van der Waals surface area contributed by atoms with Crippen LogP contribution in [-0.4, -0.2) is 17.6 Å². The molecule has 0 spiro atoms. The lowest BCUT2D eigenvalue weighted by atomic mass is 10.1. The molecule has 0 aromatic carbocycles. The average molecular weight is 277 g/mol. The van der Waals surface area contributed by atoms with E-state index in [9.17, 15) is 0 Å². The molecule has 1 aromatic heterocycles. The van der Waals surface area contributed by atoms with Gasteiger partial charge in [0.15, 0.2) is 0 Å². The van der Waals surface area contributed by atoms with Crippen molar-refractivity contribution in [1.82, 2.24) is 4.98 Å². The fourth-order valence-electron chi connectivity index (χ4n) is 1.43. The summed E-state index contributed by atoms with van der Waals surface area (Å²) in [6, 6.07) is 1.96. The molecule has 96 valence electrons. The van der Waals surface area contributed by atoms with Gasteiger partial charge in [0, 0.05) is 11.7 Å². The largest absolute Gasteiger partial charge is 0.495 e. The predicted octanol–water partition coefficient (Wildman–Crippen LogP) is 2.83. The summed E-state index contributed by atoms with van der Waals surface area (Å²) in [6.45, 7) is 0. The number of nitrogens with zero attached hydrogens (tertiary/aromatic N) is 1. The van der Waals surface area contributed by atoms with Crippen LogP contribution in [0.25, 0.3) is 6.08 Å². The van der Waals surface area contributed by atoms with Gasteiger partial charge in [0.1, 0.15) is 5.75 Å². The summed E-state index contributed by atoms with van der Waals surface area (Å²) >= 11 is 0. The molecule has 1 aromatic rings. The summed E-state index contributed by atoms with van der Waals surface area (Å²) in [5, 5.41) is 0. The van der Waals surface area contributed by atoms with Gasteiger partial charge < -0.3 is 10.5 Å². The Labute approximate surface area is 114 Å². The number of methoxy groups -OCH3 is 1. The zero-order chi connectivity index (χ0) is 10.7. The smallest absolute Gasteiger partial charge is 0.137 e. The quantitative estimate of drug-likeness (QED) is 0.920. The van der Waals surface area contributed by atoms with Crippen molar-refractivity contribution >= 4 is 30.9 Å². The third-order valence-corrected chi connectivity index (χ3v) is 2.70. The van der Waals surface area contributed by atoms with Gasteiger partial charge in [-0.3, -0.25) is 4.98 Å². The summed E-state index contributed by atoms with van der Waals surface area (Å²) in [7, 11) is 1.64. The van der Waals surface area contributed by atoms with Gasteiger partial charge in [0.2, 0.25) is 0 Å². The van der Waals surface area contributed by atoms with Crippen molar-refractivity contribution in [3.8, 4) is 5.75 Å². The van der Waals surface area contributed by atoms with Gasteiger partial charge in [-0.25, -0.2) is 0 Å². The molecule has 5 heteroatoms. The molecule has 1 fully saturated rings. The number of aromatic nitrogens is 1. The average Bonchev–Trinajstić information content (AvgIpc) is 2.97. The fourth-order valence-corrected chi connectivity index (χ4v) is 1.43. The van der Waals surface area contributed by atoms with Gasteiger partial charge in [0.05, 0.1) is 13.3 Å². The lowest BCUT2D eigenvalue weighted by molar-refractivity contribution is 0.413. The lowest BCUT2D eigenvalue weighted by Crippen LogP contribution is -2.19. The number of rotatable bonds is 4. The van der Waals surface area contributed by atoms with Crippen LogP contribution in [0, 0.1) is 0 Å². The van der Waals surface area contributed by atoms with E-state index < -0.39 is 0 Å². The summed E-state index contributed by atoms with van der Waals surface area (Å²) in [6.07, 6.45) is 10.9. The van der Waals surface area contributed by atoms with E-state index in [1.807, 2.05) is 18.3 Å². The third kappa shape index (κ3) is 4.94. The standard InChI is InChI=1S/C12H16N2O.2ClH/c1-15-11-7-10(8-14-9-11)3-2-4-12(13)5-6-12;;/h2-3,7-9H,4-6,13H2,1H3;2*1H/b3-2+;;. The molecule has 1 heterocycles. The van der Waals surface area contributed by atoms with E-state index in [-0.39, 0.29) is 30.4 Å². The minimum absolute atomic E-state index is 0. The first kappa shape index (κ1) is 16.2. The number of hydrogen-bond acceptors (Lipinski definition) is 3. The van der Waals surface area contributed by atoms with Crippen LogP contribution in [0.1, 0.15) is 24.8 Å². The van der Waals surface area contributed by atoms with Crippen LogP contribution in [0.15, 0.2) is 24.5 Å². The predicted molar refractivity (Wildman–Crippen MR) is 75.1 cm³/mol. The molecule has 0 unspecified atom stereocenters. The second-order valence-electron chi connectivity index (χ2n) is 4.13. The van der Waals surface area contributed by atoms with Gasteiger partial charge in [0.25, 0.3) is 0 Å². The fraction of sp³-hybridized carbons (Fsp3) is 0.417. The van der Waals surface area contributed by atoms with E-state index in [0.29, 0.717) is 0 Å². The van der Waals surface area contributed by atoms with Crippen LogP contribution in [0.5, 0.6) is 5.75 Å². The maximum absolute atomic E-state index is 5.98. The number of nitrogens with two attached hydrogens (primary N) is 1. The maximum Gasteiger partial charge on any atom is 0.137 e. The SMILES string of the molecule is COc1cncc(/C=C/CC2(N)CC2)c1.Cl.Cl. The Kier molecular flexibility index (Phi) is 6.53. The molecule has 0 radical (unpaired) electrons. The molecule has 1 aliphatic carbocycles. The Morgan fingerprint density at radius 3 is 2.71 bits per heavy atom. The van der Waals surface area contributed by atoms with Crippen LogP contribution in [0.2, 0.25) is 0 Å². The molecule has 17 heavy (non-hydrogen) atoms. The van der Waals surface area contributed by atoms with Crippen LogP contribution in [0.3, 0.4) is 0 Å². The second kappa shape index (κ2) is 6.84. The summed E-state index contributed by atoms with van der Waals surface area (Å²) in [4.78, 5) is 4.08. The van der Waals surface area contributed by atoms with Crippen LogP contribution in [0.4, 0.5) is 0 Å². The van der Waals surface area contributed by atoms with Crippen LogP contribution < -0.4 is 10.5 Å². The van der Waals surface area contributed by atoms with E-state index in [1.165, 1.54) is 0 Å². The highest BCUT2D eigenvalue weighted by atomic mass is 35.5. The topological polar surface area (TPSA) is 48.1 Å². The first-order valence-electron chi connectivity index (χ1n) is 5.16. The molecule has 0 saturated heterocycles. The number of halogens is 2. The zero-order valence-corrected chi connectivity index (χ0v) is 11.4. The number of hydrogen-bond donors (Lipinski definition) is 1. The molecule has 2 N–H and O–H groups in total. The van der Waals surface area contributed by atoms with Gasteiger partial charge >= 0.3 is 0 Å². The molecule has 1 aliphatic rings. The molecule has 2 rings (SSSR count). The van der Waals surface area contributed by atoms with Gasteiger partial charge in [-0.15, -0.1) is 24.8 Å². The maximum atomic E-state index is 5.98. The first-order valence-corrected chi connectivity index (χ1v) is 5.16. The van der Waals surface area contributed by atoms with Crippen molar-refractivity contribution < 1.29 is 4.74 Å². The highest BCUT2D eigenvalue weighted by molar-refractivity contribution is 5.85.